The van der Waals surface area contributed by atoms with Crippen LogP contribution in [-0.2, 0) is 10.1 Å². The van der Waals surface area contributed by atoms with E-state index in [1.54, 1.807) is 12.1 Å². The Labute approximate surface area is 227 Å². The van der Waals surface area contributed by atoms with E-state index in [1.165, 1.54) is 108 Å². The minimum Gasteiger partial charge on any atom is -0.744 e. The second-order valence-corrected chi connectivity index (χ2v) is 13.6. The number of rotatable bonds is 20. The van der Waals surface area contributed by atoms with Gasteiger partial charge in [-0.05, 0) is 31.2 Å². The van der Waals surface area contributed by atoms with Gasteiger partial charge in [0.05, 0.1) is 26.0 Å². The third-order valence-corrected chi connectivity index (χ3v) is 8.07. The molecule has 7 heteroatoms. The lowest BCUT2D eigenvalue weighted by molar-refractivity contribution is -0.873. The molecule has 0 spiro atoms. The monoisotopic (exact) mass is 545 g/mol. The molecule has 0 radical (unpaired) electrons. The van der Waals surface area contributed by atoms with Crippen LogP contribution >= 0.6 is 11.8 Å². The van der Waals surface area contributed by atoms with E-state index in [9.17, 15) is 18.1 Å². The molecule has 0 aliphatic heterocycles. The van der Waals surface area contributed by atoms with E-state index < -0.39 is 10.1 Å². The molecule has 0 bridgehead atoms. The summed E-state index contributed by atoms with van der Waals surface area (Å²) in [5.41, 5.74) is 0.928. The lowest BCUT2D eigenvalue weighted by Gasteiger charge is -2.26. The number of hydrogen-bond donors (Lipinski definition) is 1. The number of aliphatic hydroxyl groups excluding tert-OH is 1. The van der Waals surface area contributed by atoms with Crippen LogP contribution in [0.5, 0.6) is 0 Å². The first-order chi connectivity index (χ1) is 17.0. The van der Waals surface area contributed by atoms with Gasteiger partial charge in [-0.25, -0.2) is 8.42 Å². The maximum atomic E-state index is 10.4. The summed E-state index contributed by atoms with van der Waals surface area (Å²) in [6.45, 7) is 4.96. The summed E-state index contributed by atoms with van der Waals surface area (Å²) in [7, 11) is 2.15. The zero-order valence-corrected chi connectivity index (χ0v) is 25.5. The van der Waals surface area contributed by atoms with Crippen molar-refractivity contribution in [2.45, 2.75) is 115 Å². The molecule has 0 saturated carbocycles. The van der Waals surface area contributed by atoms with Gasteiger partial charge in [0.15, 0.2) is 0 Å². The highest BCUT2D eigenvalue weighted by Gasteiger charge is 2.14. The number of quaternary nitrogens is 1. The van der Waals surface area contributed by atoms with Gasteiger partial charge in [0.2, 0.25) is 0 Å². The lowest BCUT2D eigenvalue weighted by Crippen LogP contribution is -2.42. The molecule has 36 heavy (non-hydrogen) atoms. The van der Waals surface area contributed by atoms with E-state index in [-0.39, 0.29) is 11.0 Å². The van der Waals surface area contributed by atoms with Crippen LogP contribution < -0.4 is 0 Å². The maximum absolute atomic E-state index is 10.4. The molecule has 1 aromatic carbocycles. The smallest absolute Gasteiger partial charge is 0.124 e. The summed E-state index contributed by atoms with van der Waals surface area (Å²) < 4.78 is 32.0. The summed E-state index contributed by atoms with van der Waals surface area (Å²) in [5, 5.41) is 9.96. The van der Waals surface area contributed by atoms with Crippen LogP contribution in [0, 0.1) is 6.92 Å². The van der Waals surface area contributed by atoms with Crippen LogP contribution in [0.3, 0.4) is 0 Å². The quantitative estimate of drug-likeness (QED) is 0.107. The van der Waals surface area contributed by atoms with Gasteiger partial charge in [-0.1, -0.05) is 108 Å². The first-order valence-corrected chi connectivity index (χ1v) is 16.6. The van der Waals surface area contributed by atoms with Crippen molar-refractivity contribution in [2.24, 2.45) is 0 Å². The van der Waals surface area contributed by atoms with Crippen molar-refractivity contribution in [2.75, 3.05) is 39.2 Å². The molecule has 1 N–H and O–H groups in total. The zero-order chi connectivity index (χ0) is 27.3. The molecule has 5 nitrogen and oxygen atoms in total. The molecule has 0 aromatic heterocycles. The third kappa shape index (κ3) is 23.8. The average molecular weight is 546 g/mol. The fourth-order valence-corrected chi connectivity index (χ4v) is 5.43. The van der Waals surface area contributed by atoms with Crippen molar-refractivity contribution in [1.82, 2.24) is 0 Å². The van der Waals surface area contributed by atoms with Crippen molar-refractivity contribution in [3.05, 3.63) is 29.8 Å². The van der Waals surface area contributed by atoms with E-state index in [0.29, 0.717) is 0 Å². The predicted molar refractivity (Wildman–Crippen MR) is 156 cm³/mol. The average Bonchev–Trinajstić information content (AvgIpc) is 2.78. The Hall–Kier alpha value is -0.600. The first-order valence-electron chi connectivity index (χ1n) is 14.0. The van der Waals surface area contributed by atoms with Gasteiger partial charge >= 0.3 is 0 Å². The van der Waals surface area contributed by atoms with Crippen LogP contribution in [0.2, 0.25) is 0 Å². The highest BCUT2D eigenvalue weighted by molar-refractivity contribution is 7.99. The van der Waals surface area contributed by atoms with Gasteiger partial charge in [-0.3, -0.25) is 0 Å². The van der Waals surface area contributed by atoms with Crippen molar-refractivity contribution >= 4 is 21.9 Å². The summed E-state index contributed by atoms with van der Waals surface area (Å²) in [4.78, 5) is -0.178. The number of benzene rings is 1. The van der Waals surface area contributed by atoms with Gasteiger partial charge in [-0.2, -0.15) is 11.8 Å². The molecular weight excluding hydrogens is 490 g/mol. The second kappa shape index (κ2) is 21.3. The molecule has 1 rings (SSSR count). The van der Waals surface area contributed by atoms with E-state index in [2.05, 4.69) is 28.1 Å². The number of nitrogens with zero attached hydrogens (tertiary/aromatic N) is 1. The number of unbranched alkanes of at least 4 members (excludes halogenated alkanes) is 13. The fourth-order valence-electron chi connectivity index (χ4n) is 4.01. The molecule has 0 aliphatic rings. The Morgan fingerprint density at radius 3 is 1.61 bits per heavy atom. The number of thioether (sulfide) groups is 1. The molecule has 0 saturated heterocycles. The second-order valence-electron chi connectivity index (χ2n) is 11.1. The molecule has 0 aliphatic carbocycles. The molecule has 0 amide bonds. The van der Waals surface area contributed by atoms with Gasteiger partial charge in [0, 0.05) is 5.75 Å². The SMILES string of the molecule is CCCCCCCCCCCCCCCCSCC(O)C[N+](C)(C)C.Cc1ccc(S(=O)(=O)[O-])cc1. The molecule has 0 fully saturated rings. The van der Waals surface area contributed by atoms with Crippen LogP contribution in [0.1, 0.15) is 102 Å². The first kappa shape index (κ1) is 35.4. The minimum absolute atomic E-state index is 0.156. The van der Waals surface area contributed by atoms with Crippen molar-refractivity contribution < 1.29 is 22.6 Å². The lowest BCUT2D eigenvalue weighted by atomic mass is 10.0. The minimum atomic E-state index is -4.27. The molecular formula is C29H55NO4S2. The normalized spacial score (nSPS) is 12.8. The number of hydrogen-bond acceptors (Lipinski definition) is 5. The van der Waals surface area contributed by atoms with Gasteiger partial charge in [0.25, 0.3) is 0 Å². The van der Waals surface area contributed by atoms with Crippen molar-refractivity contribution in [3.63, 3.8) is 0 Å². The van der Waals surface area contributed by atoms with Crippen LogP contribution in [0.15, 0.2) is 29.2 Å². The molecule has 0 heterocycles. The highest BCUT2D eigenvalue weighted by atomic mass is 32.2. The van der Waals surface area contributed by atoms with Crippen molar-refractivity contribution in [3.8, 4) is 0 Å². The van der Waals surface area contributed by atoms with Crippen molar-refractivity contribution in [1.29, 1.82) is 0 Å². The number of aryl methyl sites for hydroxylation is 1. The standard InChI is InChI=1S/C22H48NOS.C7H8O3S/c1-5-6-7-8-9-10-11-12-13-14-15-16-17-18-19-25-21-22(24)20-23(2,3)4;1-6-2-4-7(5-3-6)11(8,9)10/h22,24H,5-21H2,1-4H3;2-5H,1H3,(H,8,9,10)/q+1;/p-1. The summed E-state index contributed by atoms with van der Waals surface area (Å²) in [6.07, 6.45) is 19.8. The Morgan fingerprint density at radius 1 is 0.806 bits per heavy atom. The van der Waals surface area contributed by atoms with Crippen LogP contribution in [0.25, 0.3) is 0 Å². The Bertz CT molecular complexity index is 731. The zero-order valence-electron chi connectivity index (χ0n) is 23.8. The molecule has 1 aromatic rings. The van der Waals surface area contributed by atoms with Gasteiger partial charge in [-0.15, -0.1) is 0 Å². The predicted octanol–water partition coefficient (Wildman–Crippen LogP) is 7.17. The summed E-state index contributed by atoms with van der Waals surface area (Å²) in [5.74, 6) is 2.11. The molecule has 1 unspecified atom stereocenters. The summed E-state index contributed by atoms with van der Waals surface area (Å²) in [6, 6.07) is 5.78. The Morgan fingerprint density at radius 2 is 1.22 bits per heavy atom. The Kier molecular flexibility index (Phi) is 21.0. The van der Waals surface area contributed by atoms with Gasteiger partial charge in [0.1, 0.15) is 22.8 Å². The number of likely N-dealkylation sites (N-methyl/N-ethyl adjacent to an activating group) is 1. The van der Waals surface area contributed by atoms with E-state index in [0.717, 1.165) is 22.3 Å². The van der Waals surface area contributed by atoms with E-state index in [1.807, 2.05) is 18.7 Å². The Balaban J connectivity index is 0.000000918. The highest BCUT2D eigenvalue weighted by Crippen LogP contribution is 2.14. The van der Waals surface area contributed by atoms with E-state index >= 15 is 0 Å². The van der Waals surface area contributed by atoms with Crippen LogP contribution in [-0.4, -0.2) is 67.9 Å². The van der Waals surface area contributed by atoms with Crippen LogP contribution in [0.4, 0.5) is 0 Å². The fraction of sp³-hybridized carbons (Fsp3) is 0.793. The van der Waals surface area contributed by atoms with E-state index in [4.69, 9.17) is 0 Å². The molecule has 1 atom stereocenters. The number of aliphatic hydroxyl groups is 1. The molecule has 212 valence electrons. The topological polar surface area (TPSA) is 77.4 Å². The summed E-state index contributed by atoms with van der Waals surface area (Å²) >= 11 is 1.93. The largest absolute Gasteiger partial charge is 0.744 e. The third-order valence-electron chi connectivity index (χ3n) is 6.02. The maximum Gasteiger partial charge on any atom is 0.124 e. The van der Waals surface area contributed by atoms with Gasteiger partial charge < -0.3 is 14.1 Å².